The average molecular weight is 459 g/mol. The fourth-order valence-electron chi connectivity index (χ4n) is 3.04. The van der Waals surface area contributed by atoms with Crippen LogP contribution in [0.4, 0.5) is 4.79 Å². The topological polar surface area (TPSA) is 97.0 Å². The van der Waals surface area contributed by atoms with Crippen LogP contribution < -0.4 is 10.9 Å². The summed E-state index contributed by atoms with van der Waals surface area (Å²) in [5.74, 6) is 0.211. The number of hydrogen-bond donors (Lipinski definition) is 1. The summed E-state index contributed by atoms with van der Waals surface area (Å²) in [5, 5.41) is 12.6. The SMILES string of the molecule is C[C@H](NC(=O)OC(C)(C)C)c1nc2c(Cl)ccc(Cl)c2c(=O)n1-c1cccc(C#N)c1. The third-order valence-corrected chi connectivity index (χ3v) is 4.92. The second-order valence-corrected chi connectivity index (χ2v) is 8.71. The molecule has 0 saturated carbocycles. The molecule has 1 aromatic heterocycles. The Morgan fingerprint density at radius 2 is 1.90 bits per heavy atom. The van der Waals surface area contributed by atoms with Crippen molar-refractivity contribution in [2.24, 2.45) is 0 Å². The normalized spacial score (nSPS) is 12.3. The van der Waals surface area contributed by atoms with Crippen LogP contribution in [0.3, 0.4) is 0 Å². The van der Waals surface area contributed by atoms with Crippen LogP contribution in [-0.2, 0) is 4.74 Å². The molecule has 1 amide bonds. The van der Waals surface area contributed by atoms with E-state index in [0.717, 1.165) is 0 Å². The number of nitrogens with one attached hydrogen (secondary N) is 1. The third kappa shape index (κ3) is 4.82. The lowest BCUT2D eigenvalue weighted by atomic mass is 10.1. The molecule has 1 N–H and O–H groups in total. The van der Waals surface area contributed by atoms with Crippen molar-refractivity contribution in [2.75, 3.05) is 0 Å². The number of ether oxygens (including phenoxy) is 1. The molecule has 9 heteroatoms. The highest BCUT2D eigenvalue weighted by atomic mass is 35.5. The number of halogens is 2. The first-order valence-corrected chi connectivity index (χ1v) is 10.2. The predicted octanol–water partition coefficient (Wildman–Crippen LogP) is 5.15. The van der Waals surface area contributed by atoms with Crippen molar-refractivity contribution in [3.63, 3.8) is 0 Å². The number of benzene rings is 2. The molecule has 3 aromatic rings. The number of alkyl carbamates (subject to hydrolysis) is 1. The molecular formula is C22H20Cl2N4O3. The number of carbonyl (C=O) groups is 1. The molecule has 7 nitrogen and oxygen atoms in total. The maximum atomic E-state index is 13.5. The van der Waals surface area contributed by atoms with Crippen LogP contribution in [-0.4, -0.2) is 21.2 Å². The maximum absolute atomic E-state index is 13.5. The molecule has 0 fully saturated rings. The van der Waals surface area contributed by atoms with Gasteiger partial charge in [0.25, 0.3) is 5.56 Å². The van der Waals surface area contributed by atoms with Crippen molar-refractivity contribution >= 4 is 40.2 Å². The lowest BCUT2D eigenvalue weighted by Gasteiger charge is -2.23. The number of nitrogens with zero attached hydrogens (tertiary/aromatic N) is 3. The van der Waals surface area contributed by atoms with E-state index in [1.165, 1.54) is 10.6 Å². The summed E-state index contributed by atoms with van der Waals surface area (Å²) in [7, 11) is 0. The van der Waals surface area contributed by atoms with Crippen LogP contribution in [0.15, 0.2) is 41.2 Å². The predicted molar refractivity (Wildman–Crippen MR) is 120 cm³/mol. The summed E-state index contributed by atoms with van der Waals surface area (Å²) in [6.45, 7) is 6.91. The molecule has 1 atom stereocenters. The fourth-order valence-corrected chi connectivity index (χ4v) is 3.47. The van der Waals surface area contributed by atoms with Gasteiger partial charge in [-0.3, -0.25) is 9.36 Å². The van der Waals surface area contributed by atoms with Gasteiger partial charge in [0.05, 0.1) is 44.3 Å². The van der Waals surface area contributed by atoms with Gasteiger partial charge in [0.1, 0.15) is 11.4 Å². The van der Waals surface area contributed by atoms with E-state index in [1.54, 1.807) is 58.0 Å². The number of fused-ring (bicyclic) bond motifs is 1. The first-order valence-electron chi connectivity index (χ1n) is 9.42. The van der Waals surface area contributed by atoms with Gasteiger partial charge in [-0.2, -0.15) is 5.26 Å². The molecule has 0 saturated heterocycles. The quantitative estimate of drug-likeness (QED) is 0.584. The number of aromatic nitrogens is 2. The van der Waals surface area contributed by atoms with E-state index in [4.69, 9.17) is 27.9 Å². The van der Waals surface area contributed by atoms with Crippen LogP contribution >= 0.6 is 23.2 Å². The van der Waals surface area contributed by atoms with Gasteiger partial charge in [-0.05, 0) is 58.0 Å². The summed E-state index contributed by atoms with van der Waals surface area (Å²) < 4.78 is 6.63. The highest BCUT2D eigenvalue weighted by molar-refractivity contribution is 6.39. The Kier molecular flexibility index (Phi) is 6.25. The number of rotatable bonds is 3. The molecule has 0 bridgehead atoms. The smallest absolute Gasteiger partial charge is 0.408 e. The minimum Gasteiger partial charge on any atom is -0.444 e. The minimum atomic E-state index is -0.729. The molecule has 160 valence electrons. The first kappa shape index (κ1) is 22.6. The second kappa shape index (κ2) is 8.58. The molecule has 0 spiro atoms. The minimum absolute atomic E-state index is 0.143. The van der Waals surface area contributed by atoms with E-state index in [0.29, 0.717) is 11.3 Å². The Labute approximate surface area is 189 Å². The third-order valence-electron chi connectivity index (χ3n) is 4.30. The van der Waals surface area contributed by atoms with Crippen molar-refractivity contribution in [1.82, 2.24) is 14.9 Å². The average Bonchev–Trinajstić information content (AvgIpc) is 2.68. The number of hydrogen-bond acceptors (Lipinski definition) is 5. The Hall–Kier alpha value is -3.08. The van der Waals surface area contributed by atoms with Gasteiger partial charge in [-0.25, -0.2) is 9.78 Å². The molecule has 2 aromatic carbocycles. The Balaban J connectivity index is 2.26. The van der Waals surface area contributed by atoms with Gasteiger partial charge in [0.15, 0.2) is 0 Å². The Morgan fingerprint density at radius 1 is 1.23 bits per heavy atom. The van der Waals surface area contributed by atoms with Crippen LogP contribution in [0.25, 0.3) is 16.6 Å². The summed E-state index contributed by atoms with van der Waals surface area (Å²) in [4.78, 5) is 30.4. The van der Waals surface area contributed by atoms with Crippen molar-refractivity contribution in [3.05, 3.63) is 68.2 Å². The summed E-state index contributed by atoms with van der Waals surface area (Å²) >= 11 is 12.6. The van der Waals surface area contributed by atoms with Crippen molar-refractivity contribution in [3.8, 4) is 11.8 Å². The second-order valence-electron chi connectivity index (χ2n) is 7.89. The Bertz CT molecular complexity index is 1270. The van der Waals surface area contributed by atoms with E-state index in [2.05, 4.69) is 10.3 Å². The maximum Gasteiger partial charge on any atom is 0.408 e. The number of nitriles is 1. The molecular weight excluding hydrogens is 439 g/mol. The van der Waals surface area contributed by atoms with Crippen molar-refractivity contribution < 1.29 is 9.53 Å². The number of carbonyl (C=O) groups excluding carboxylic acids is 1. The summed E-state index contributed by atoms with van der Waals surface area (Å²) in [5.41, 5.74) is -0.180. The fraction of sp³-hybridized carbons (Fsp3) is 0.273. The van der Waals surface area contributed by atoms with Gasteiger partial charge in [-0.15, -0.1) is 0 Å². The molecule has 0 aliphatic heterocycles. The monoisotopic (exact) mass is 458 g/mol. The zero-order valence-electron chi connectivity index (χ0n) is 17.4. The molecule has 0 aliphatic carbocycles. The van der Waals surface area contributed by atoms with E-state index in [-0.39, 0.29) is 26.8 Å². The molecule has 0 aliphatic rings. The van der Waals surface area contributed by atoms with Gasteiger partial charge < -0.3 is 10.1 Å². The molecule has 1 heterocycles. The standard InChI is InChI=1S/C22H20Cl2N4O3/c1-12(26-21(30)31-22(2,3)4)19-27-18-16(24)9-8-15(23)17(18)20(29)28(19)14-7-5-6-13(10-14)11-25/h5-10,12H,1-4H3,(H,26,30)/t12-/m0/s1. The van der Waals surface area contributed by atoms with Crippen LogP contribution in [0.2, 0.25) is 10.0 Å². The largest absolute Gasteiger partial charge is 0.444 e. The zero-order valence-corrected chi connectivity index (χ0v) is 18.9. The van der Waals surface area contributed by atoms with E-state index >= 15 is 0 Å². The van der Waals surface area contributed by atoms with Gasteiger partial charge >= 0.3 is 6.09 Å². The summed E-state index contributed by atoms with van der Waals surface area (Å²) in [6, 6.07) is 10.9. The lowest BCUT2D eigenvalue weighted by molar-refractivity contribution is 0.0505. The molecule has 0 radical (unpaired) electrons. The van der Waals surface area contributed by atoms with E-state index in [1.807, 2.05) is 6.07 Å². The van der Waals surface area contributed by atoms with E-state index < -0.39 is 23.3 Å². The van der Waals surface area contributed by atoms with Crippen molar-refractivity contribution in [2.45, 2.75) is 39.3 Å². The first-order chi connectivity index (χ1) is 14.5. The Morgan fingerprint density at radius 3 is 2.55 bits per heavy atom. The highest BCUT2D eigenvalue weighted by Gasteiger charge is 2.24. The summed E-state index contributed by atoms with van der Waals surface area (Å²) in [6.07, 6.45) is -0.663. The van der Waals surface area contributed by atoms with Crippen molar-refractivity contribution in [1.29, 1.82) is 5.26 Å². The van der Waals surface area contributed by atoms with E-state index in [9.17, 15) is 14.9 Å². The van der Waals surface area contributed by atoms with Crippen LogP contribution in [0, 0.1) is 11.3 Å². The number of amides is 1. The molecule has 0 unspecified atom stereocenters. The van der Waals surface area contributed by atoms with Gasteiger partial charge in [-0.1, -0.05) is 29.3 Å². The molecule has 3 rings (SSSR count). The highest BCUT2D eigenvalue weighted by Crippen LogP contribution is 2.28. The lowest BCUT2D eigenvalue weighted by Crippen LogP contribution is -2.37. The van der Waals surface area contributed by atoms with Crippen LogP contribution in [0.1, 0.15) is 45.1 Å². The zero-order chi connectivity index (χ0) is 22.9. The van der Waals surface area contributed by atoms with Gasteiger partial charge in [0, 0.05) is 0 Å². The van der Waals surface area contributed by atoms with Gasteiger partial charge in [0.2, 0.25) is 0 Å². The molecule has 31 heavy (non-hydrogen) atoms. The van der Waals surface area contributed by atoms with Crippen LogP contribution in [0.5, 0.6) is 0 Å².